The lowest BCUT2D eigenvalue weighted by atomic mass is 10.1. The van der Waals surface area contributed by atoms with Crippen molar-refractivity contribution in [2.45, 2.75) is 32.4 Å². The first-order chi connectivity index (χ1) is 11.2. The molecule has 0 heterocycles. The van der Waals surface area contributed by atoms with Crippen molar-refractivity contribution in [3.8, 4) is 0 Å². The quantitative estimate of drug-likeness (QED) is 0.781. The van der Waals surface area contributed by atoms with Crippen LogP contribution in [0.1, 0.15) is 37.3 Å². The summed E-state index contributed by atoms with van der Waals surface area (Å²) in [6.45, 7) is 4.27. The van der Waals surface area contributed by atoms with Crippen LogP contribution in [0, 0.1) is 11.8 Å². The third-order valence-corrected chi connectivity index (χ3v) is 4.04. The van der Waals surface area contributed by atoms with Crippen molar-refractivity contribution in [3.63, 3.8) is 0 Å². The Balaban J connectivity index is 1.76. The zero-order valence-electron chi connectivity index (χ0n) is 13.6. The molecule has 0 aliphatic heterocycles. The second-order valence-corrected chi connectivity index (χ2v) is 6.31. The molecule has 1 saturated carbocycles. The third kappa shape index (κ3) is 4.72. The van der Waals surface area contributed by atoms with Crippen LogP contribution in [0.25, 0.3) is 0 Å². The van der Waals surface area contributed by atoms with Crippen LogP contribution in [-0.4, -0.2) is 24.9 Å². The summed E-state index contributed by atoms with van der Waals surface area (Å²) in [6.07, 6.45) is -3.71. The zero-order valence-corrected chi connectivity index (χ0v) is 13.6. The number of amides is 2. The van der Waals surface area contributed by atoms with E-state index in [-0.39, 0.29) is 29.6 Å². The smallest absolute Gasteiger partial charge is 0.354 e. The fourth-order valence-corrected chi connectivity index (χ4v) is 2.48. The number of alkyl halides is 3. The van der Waals surface area contributed by atoms with Crippen LogP contribution in [0.5, 0.6) is 0 Å². The van der Waals surface area contributed by atoms with Gasteiger partial charge < -0.3 is 10.6 Å². The Labute approximate surface area is 138 Å². The molecule has 0 radical (unpaired) electrons. The summed E-state index contributed by atoms with van der Waals surface area (Å²) in [4.78, 5) is 23.4. The Kier molecular flexibility index (Phi) is 5.51. The molecule has 7 heteroatoms. The lowest BCUT2D eigenvalue weighted by Crippen LogP contribution is -2.37. The van der Waals surface area contributed by atoms with Crippen molar-refractivity contribution in [3.05, 3.63) is 35.4 Å². The van der Waals surface area contributed by atoms with E-state index in [1.807, 2.05) is 0 Å². The van der Waals surface area contributed by atoms with Crippen molar-refractivity contribution >= 4 is 11.8 Å². The maximum Gasteiger partial charge on any atom is 0.416 e. The normalized spacial score (nSPS) is 19.9. The Bertz CT molecular complexity index is 597. The van der Waals surface area contributed by atoms with E-state index in [2.05, 4.69) is 10.6 Å². The first-order valence-electron chi connectivity index (χ1n) is 7.92. The van der Waals surface area contributed by atoms with Crippen molar-refractivity contribution in [2.24, 2.45) is 11.8 Å². The summed E-state index contributed by atoms with van der Waals surface area (Å²) < 4.78 is 37.6. The molecular formula is C17H21F3N2O2. The fraction of sp³-hybridized carbons (Fsp3) is 0.529. The van der Waals surface area contributed by atoms with Gasteiger partial charge in [0.05, 0.1) is 5.56 Å². The average Bonchev–Trinajstić information content (AvgIpc) is 3.31. The van der Waals surface area contributed by atoms with E-state index in [1.165, 1.54) is 12.1 Å². The predicted octanol–water partition coefficient (Wildman–Crippen LogP) is 2.70. The molecule has 1 aromatic carbocycles. The Morgan fingerprint density at radius 2 is 1.71 bits per heavy atom. The second kappa shape index (κ2) is 7.23. The summed E-state index contributed by atoms with van der Waals surface area (Å²) >= 11 is 0. The molecule has 132 valence electrons. The topological polar surface area (TPSA) is 58.2 Å². The largest absolute Gasteiger partial charge is 0.416 e. The van der Waals surface area contributed by atoms with Gasteiger partial charge in [0, 0.05) is 24.9 Å². The van der Waals surface area contributed by atoms with Gasteiger partial charge in [-0.15, -0.1) is 0 Å². The SMILES string of the molecule is CC(C)C(=O)NCCNC(=O)C1CC1c1ccc(C(F)(F)F)cc1. The molecule has 1 aromatic rings. The van der Waals surface area contributed by atoms with Crippen LogP contribution in [0.4, 0.5) is 13.2 Å². The molecule has 0 aromatic heterocycles. The highest BCUT2D eigenvalue weighted by atomic mass is 19.4. The molecular weight excluding hydrogens is 321 g/mol. The molecule has 2 rings (SSSR count). The van der Waals surface area contributed by atoms with Gasteiger partial charge >= 0.3 is 6.18 Å². The van der Waals surface area contributed by atoms with Gasteiger partial charge in [0.15, 0.2) is 0 Å². The predicted molar refractivity (Wildman–Crippen MR) is 83.1 cm³/mol. The highest BCUT2D eigenvalue weighted by Gasteiger charge is 2.44. The molecule has 1 aliphatic rings. The van der Waals surface area contributed by atoms with Gasteiger partial charge in [-0.25, -0.2) is 0 Å². The third-order valence-electron chi connectivity index (χ3n) is 4.04. The number of hydrogen-bond donors (Lipinski definition) is 2. The first kappa shape index (κ1) is 18.3. The van der Waals surface area contributed by atoms with Gasteiger partial charge in [0.1, 0.15) is 0 Å². The van der Waals surface area contributed by atoms with Crippen molar-refractivity contribution < 1.29 is 22.8 Å². The molecule has 24 heavy (non-hydrogen) atoms. The lowest BCUT2D eigenvalue weighted by Gasteiger charge is -2.09. The van der Waals surface area contributed by atoms with E-state index in [1.54, 1.807) is 13.8 Å². The Morgan fingerprint density at radius 1 is 1.12 bits per heavy atom. The number of hydrogen-bond acceptors (Lipinski definition) is 2. The Morgan fingerprint density at radius 3 is 2.25 bits per heavy atom. The van der Waals surface area contributed by atoms with E-state index < -0.39 is 11.7 Å². The van der Waals surface area contributed by atoms with Crippen LogP contribution in [-0.2, 0) is 15.8 Å². The van der Waals surface area contributed by atoms with Gasteiger partial charge in [-0.1, -0.05) is 26.0 Å². The molecule has 4 nitrogen and oxygen atoms in total. The summed E-state index contributed by atoms with van der Waals surface area (Å²) in [5, 5.41) is 5.44. The Hall–Kier alpha value is -2.05. The van der Waals surface area contributed by atoms with Crippen molar-refractivity contribution in [1.29, 1.82) is 0 Å². The molecule has 1 fully saturated rings. The van der Waals surface area contributed by atoms with E-state index in [0.29, 0.717) is 19.5 Å². The monoisotopic (exact) mass is 342 g/mol. The van der Waals surface area contributed by atoms with Gasteiger partial charge in [0.2, 0.25) is 11.8 Å². The van der Waals surface area contributed by atoms with Crippen LogP contribution < -0.4 is 10.6 Å². The second-order valence-electron chi connectivity index (χ2n) is 6.31. The van der Waals surface area contributed by atoms with E-state index in [9.17, 15) is 22.8 Å². The average molecular weight is 342 g/mol. The minimum atomic E-state index is -4.35. The number of halogens is 3. The fourth-order valence-electron chi connectivity index (χ4n) is 2.48. The van der Waals surface area contributed by atoms with E-state index >= 15 is 0 Å². The molecule has 1 aliphatic carbocycles. The number of carbonyl (C=O) groups excluding carboxylic acids is 2. The van der Waals surface area contributed by atoms with Gasteiger partial charge in [-0.05, 0) is 30.0 Å². The molecule has 2 N–H and O–H groups in total. The number of benzene rings is 1. The molecule has 0 spiro atoms. The zero-order chi connectivity index (χ0) is 17.9. The summed E-state index contributed by atoms with van der Waals surface area (Å²) in [6, 6.07) is 4.96. The standard InChI is InChI=1S/C17H21F3N2O2/c1-10(2)15(23)21-7-8-22-16(24)14-9-13(14)11-3-5-12(6-4-11)17(18,19)20/h3-6,10,13-14H,7-9H2,1-2H3,(H,21,23)(H,22,24). The van der Waals surface area contributed by atoms with E-state index in [4.69, 9.17) is 0 Å². The minimum absolute atomic E-state index is 0.0301. The molecule has 0 saturated heterocycles. The van der Waals surface area contributed by atoms with E-state index in [0.717, 1.165) is 17.7 Å². The highest BCUT2D eigenvalue weighted by Crippen LogP contribution is 2.47. The minimum Gasteiger partial charge on any atom is -0.354 e. The number of rotatable bonds is 6. The van der Waals surface area contributed by atoms with Crippen LogP contribution in [0.3, 0.4) is 0 Å². The number of nitrogens with one attached hydrogen (secondary N) is 2. The van der Waals surface area contributed by atoms with Gasteiger partial charge in [-0.3, -0.25) is 9.59 Å². The molecule has 2 unspecified atom stereocenters. The van der Waals surface area contributed by atoms with Gasteiger partial charge in [-0.2, -0.15) is 13.2 Å². The van der Waals surface area contributed by atoms with Gasteiger partial charge in [0.25, 0.3) is 0 Å². The van der Waals surface area contributed by atoms with Crippen LogP contribution in [0.15, 0.2) is 24.3 Å². The summed E-state index contributed by atoms with van der Waals surface area (Å²) in [5.41, 5.74) is 0.0602. The lowest BCUT2D eigenvalue weighted by molar-refractivity contribution is -0.137. The summed E-state index contributed by atoms with van der Waals surface area (Å²) in [7, 11) is 0. The first-order valence-corrected chi connectivity index (χ1v) is 7.92. The van der Waals surface area contributed by atoms with Crippen molar-refractivity contribution in [1.82, 2.24) is 10.6 Å². The van der Waals surface area contributed by atoms with Crippen LogP contribution in [0.2, 0.25) is 0 Å². The van der Waals surface area contributed by atoms with Crippen molar-refractivity contribution in [2.75, 3.05) is 13.1 Å². The highest BCUT2D eigenvalue weighted by molar-refractivity contribution is 5.83. The molecule has 2 atom stereocenters. The molecule has 0 bridgehead atoms. The molecule has 2 amide bonds. The van der Waals surface area contributed by atoms with Crippen LogP contribution >= 0.6 is 0 Å². The maximum absolute atomic E-state index is 12.5. The maximum atomic E-state index is 12.5. The number of carbonyl (C=O) groups is 2. The summed E-state index contributed by atoms with van der Waals surface area (Å²) in [5.74, 6) is -0.537.